The van der Waals surface area contributed by atoms with Gasteiger partial charge < -0.3 is 15.3 Å². The van der Waals surface area contributed by atoms with Gasteiger partial charge in [-0.1, -0.05) is 53.2 Å². The fourth-order valence-electron chi connectivity index (χ4n) is 9.45. The highest BCUT2D eigenvalue weighted by Gasteiger charge is 2.69. The molecule has 0 aliphatic heterocycles. The van der Waals surface area contributed by atoms with Crippen LogP contribution in [0, 0.1) is 45.3 Å². The molecule has 3 aliphatic rings. The van der Waals surface area contributed by atoms with Crippen LogP contribution >= 0.6 is 0 Å². The van der Waals surface area contributed by atoms with Crippen LogP contribution in [0.2, 0.25) is 0 Å². The fourth-order valence-corrected chi connectivity index (χ4v) is 9.45. The Bertz CT molecular complexity index is 744. The van der Waals surface area contributed by atoms with Gasteiger partial charge in [-0.2, -0.15) is 0 Å². The van der Waals surface area contributed by atoms with Gasteiger partial charge in [-0.05, 0) is 118 Å². The van der Waals surface area contributed by atoms with Gasteiger partial charge in [0.25, 0.3) is 0 Å². The Morgan fingerprint density at radius 3 is 2.15 bits per heavy atom. The van der Waals surface area contributed by atoms with E-state index in [4.69, 9.17) is 0 Å². The second-order valence-corrected chi connectivity index (χ2v) is 14.4. The van der Waals surface area contributed by atoms with Gasteiger partial charge in [-0.15, -0.1) is 0 Å². The lowest BCUT2D eigenvalue weighted by atomic mass is 9.37. The third kappa shape index (κ3) is 4.16. The van der Waals surface area contributed by atoms with Gasteiger partial charge in [0.2, 0.25) is 0 Å². The number of hydrogen-bond donors (Lipinski definition) is 3. The molecule has 3 heteroatoms. The smallest absolute Gasteiger partial charge is 0.0654 e. The van der Waals surface area contributed by atoms with Gasteiger partial charge in [-0.25, -0.2) is 0 Å². The van der Waals surface area contributed by atoms with Gasteiger partial charge in [0.1, 0.15) is 0 Å². The van der Waals surface area contributed by atoms with E-state index in [1.165, 1.54) is 5.57 Å². The van der Waals surface area contributed by atoms with Crippen LogP contribution in [0.25, 0.3) is 0 Å². The Labute approximate surface area is 204 Å². The summed E-state index contributed by atoms with van der Waals surface area (Å²) < 4.78 is 0. The Morgan fingerprint density at radius 1 is 1.03 bits per heavy atom. The molecule has 0 aromatic rings. The molecule has 0 heterocycles. The van der Waals surface area contributed by atoms with E-state index in [0.29, 0.717) is 11.8 Å². The van der Waals surface area contributed by atoms with Crippen LogP contribution in [0.3, 0.4) is 0 Å². The Balaban J connectivity index is 1.94. The van der Waals surface area contributed by atoms with E-state index in [1.807, 2.05) is 13.8 Å². The third-order valence-corrected chi connectivity index (χ3v) is 11.8. The minimum Gasteiger partial charge on any atom is -0.393 e. The van der Waals surface area contributed by atoms with Crippen LogP contribution in [0.4, 0.5) is 0 Å². The topological polar surface area (TPSA) is 60.7 Å². The summed E-state index contributed by atoms with van der Waals surface area (Å²) in [5.74, 6) is 1.13. The molecule has 3 aliphatic carbocycles. The van der Waals surface area contributed by atoms with E-state index in [1.54, 1.807) is 0 Å². The minimum atomic E-state index is -0.750. The van der Waals surface area contributed by atoms with E-state index < -0.39 is 5.60 Å². The van der Waals surface area contributed by atoms with Gasteiger partial charge in [-0.3, -0.25) is 0 Å². The number of fused-ring (bicyclic) bond motifs is 3. The lowest BCUT2D eigenvalue weighted by Gasteiger charge is -2.68. The van der Waals surface area contributed by atoms with Crippen molar-refractivity contribution < 1.29 is 15.3 Å². The van der Waals surface area contributed by atoms with Crippen LogP contribution in [-0.4, -0.2) is 33.1 Å². The van der Waals surface area contributed by atoms with E-state index in [0.717, 1.165) is 44.9 Å². The molecule has 9 unspecified atom stereocenters. The van der Waals surface area contributed by atoms with Crippen LogP contribution in [-0.2, 0) is 0 Å². The molecule has 3 N–H and O–H groups in total. The predicted molar refractivity (Wildman–Crippen MR) is 138 cm³/mol. The number of aliphatic hydroxyl groups is 3. The summed E-state index contributed by atoms with van der Waals surface area (Å²) >= 11 is 0. The van der Waals surface area contributed by atoms with Gasteiger partial charge in [0, 0.05) is 0 Å². The molecular weight excluding hydrogens is 408 g/mol. The van der Waals surface area contributed by atoms with Crippen LogP contribution in [0.15, 0.2) is 11.6 Å². The molecule has 3 rings (SSSR count). The summed E-state index contributed by atoms with van der Waals surface area (Å²) in [4.78, 5) is 0. The van der Waals surface area contributed by atoms with Crippen molar-refractivity contribution in [2.45, 2.75) is 132 Å². The van der Waals surface area contributed by atoms with Crippen LogP contribution in [0.5, 0.6) is 0 Å². The fraction of sp³-hybridized carbons (Fsp3) is 0.933. The normalized spacial score (nSPS) is 43.2. The monoisotopic (exact) mass is 462 g/mol. The maximum atomic E-state index is 11.7. The van der Waals surface area contributed by atoms with Crippen molar-refractivity contribution >= 4 is 0 Å². The first-order chi connectivity index (χ1) is 14.9. The molecule has 0 aromatic heterocycles. The minimum absolute atomic E-state index is 0.0255. The van der Waals surface area contributed by atoms with Crippen molar-refractivity contribution in [3.05, 3.63) is 11.6 Å². The second-order valence-electron chi connectivity index (χ2n) is 14.4. The van der Waals surface area contributed by atoms with E-state index in [-0.39, 0.29) is 45.7 Å². The predicted octanol–water partition coefficient (Wildman–Crippen LogP) is 6.75. The van der Waals surface area contributed by atoms with E-state index >= 15 is 0 Å². The summed E-state index contributed by atoms with van der Waals surface area (Å²) in [7, 11) is 0. The molecule has 0 spiro atoms. The Morgan fingerprint density at radius 2 is 1.61 bits per heavy atom. The zero-order valence-electron chi connectivity index (χ0n) is 23.3. The molecule has 0 aromatic carbocycles. The molecule has 0 amide bonds. The van der Waals surface area contributed by atoms with Crippen molar-refractivity contribution in [3.8, 4) is 0 Å². The molecule has 9 atom stereocenters. The maximum absolute atomic E-state index is 11.7. The van der Waals surface area contributed by atoms with Gasteiger partial charge >= 0.3 is 0 Å². The zero-order chi connectivity index (χ0) is 25.2. The average molecular weight is 463 g/mol. The number of rotatable bonds is 6. The van der Waals surface area contributed by atoms with Crippen molar-refractivity contribution in [1.82, 2.24) is 0 Å². The quantitative estimate of drug-likeness (QED) is 0.383. The summed E-state index contributed by atoms with van der Waals surface area (Å²) in [5, 5.41) is 34.0. The summed E-state index contributed by atoms with van der Waals surface area (Å²) in [5.41, 5.74) is 0.592. The first-order valence-electron chi connectivity index (χ1n) is 13.6. The largest absolute Gasteiger partial charge is 0.393 e. The summed E-state index contributed by atoms with van der Waals surface area (Å²) in [6.45, 7) is 22.4. The highest BCUT2D eigenvalue weighted by atomic mass is 16.3. The molecular formula is C30H54O3. The first kappa shape index (κ1) is 27.2. The number of allylic oxidation sites excluding steroid dienone is 2. The van der Waals surface area contributed by atoms with Crippen molar-refractivity contribution in [1.29, 1.82) is 0 Å². The first-order valence-corrected chi connectivity index (χ1v) is 13.6. The highest BCUT2D eigenvalue weighted by Crippen LogP contribution is 2.74. The summed E-state index contributed by atoms with van der Waals surface area (Å²) in [6, 6.07) is 0. The Hall–Kier alpha value is -0.380. The van der Waals surface area contributed by atoms with Crippen molar-refractivity contribution in [2.75, 3.05) is 0 Å². The highest BCUT2D eigenvalue weighted by molar-refractivity contribution is 5.18. The van der Waals surface area contributed by atoms with Crippen LogP contribution in [0.1, 0.15) is 114 Å². The van der Waals surface area contributed by atoms with E-state index in [9.17, 15) is 15.3 Å². The van der Waals surface area contributed by atoms with Crippen molar-refractivity contribution in [3.63, 3.8) is 0 Å². The zero-order valence-corrected chi connectivity index (χ0v) is 23.3. The molecule has 0 saturated heterocycles. The SMILES string of the molecule is CC(C)=CCCC(C)(O)C1CCC2(C)C1C(O)CC1C(C)(C)C(C(C)(C)C(C)O)CCC12C. The lowest BCUT2D eigenvalue weighted by Crippen LogP contribution is -2.64. The maximum Gasteiger partial charge on any atom is 0.0654 e. The molecule has 3 saturated carbocycles. The van der Waals surface area contributed by atoms with Crippen LogP contribution < -0.4 is 0 Å². The second kappa shape index (κ2) is 8.63. The lowest BCUT2D eigenvalue weighted by molar-refractivity contribution is -0.227. The van der Waals surface area contributed by atoms with E-state index in [2.05, 4.69) is 61.5 Å². The van der Waals surface area contributed by atoms with Gasteiger partial charge in [0.05, 0.1) is 17.8 Å². The molecule has 3 fully saturated rings. The number of hydrogen-bond acceptors (Lipinski definition) is 3. The standard InChI is InChI=1S/C30H54O3/c1-19(2)12-11-15-30(10,33)21-13-16-29(9)25(21)22(32)18-24-27(6,7)23(14-17-28(24,29)8)26(4,5)20(3)31/h12,20-25,31-33H,11,13-18H2,1-10H3. The molecule has 3 nitrogen and oxygen atoms in total. The third-order valence-electron chi connectivity index (χ3n) is 11.8. The molecule has 192 valence electrons. The number of aliphatic hydroxyl groups excluding tert-OH is 2. The van der Waals surface area contributed by atoms with Crippen molar-refractivity contribution in [2.24, 2.45) is 45.3 Å². The summed E-state index contributed by atoms with van der Waals surface area (Å²) in [6.07, 6.45) is 8.34. The average Bonchev–Trinajstić information content (AvgIpc) is 3.04. The van der Waals surface area contributed by atoms with Gasteiger partial charge in [0.15, 0.2) is 0 Å². The molecule has 0 bridgehead atoms. The molecule has 33 heavy (non-hydrogen) atoms. The Kier molecular flexibility index (Phi) is 7.11. The molecule has 0 radical (unpaired) electrons.